The van der Waals surface area contributed by atoms with Crippen molar-refractivity contribution in [3.8, 4) is 11.6 Å². The van der Waals surface area contributed by atoms with Crippen LogP contribution in [0.2, 0.25) is 0 Å². The van der Waals surface area contributed by atoms with Crippen molar-refractivity contribution in [2.24, 2.45) is 0 Å². The summed E-state index contributed by atoms with van der Waals surface area (Å²) in [6, 6.07) is 14.7. The molecule has 0 aliphatic carbocycles. The summed E-state index contributed by atoms with van der Waals surface area (Å²) in [4.78, 5) is 25.7. The first-order chi connectivity index (χ1) is 12.2. The van der Waals surface area contributed by atoms with Crippen LogP contribution in [-0.4, -0.2) is 24.0 Å². The molecule has 0 unspecified atom stereocenters. The van der Waals surface area contributed by atoms with E-state index in [0.29, 0.717) is 28.8 Å². The molecule has 128 valence electrons. The normalized spacial score (nSPS) is 10.4. The third kappa shape index (κ3) is 3.80. The van der Waals surface area contributed by atoms with Crippen LogP contribution in [0.5, 0.6) is 11.6 Å². The Balaban J connectivity index is 1.89. The maximum atomic E-state index is 11.5. The molecule has 3 rings (SSSR count). The van der Waals surface area contributed by atoms with Crippen molar-refractivity contribution >= 4 is 23.3 Å². The Kier molecular flexibility index (Phi) is 4.99. The Morgan fingerprint density at radius 1 is 1.16 bits per heavy atom. The molecule has 3 aromatic rings. The Morgan fingerprint density at radius 2 is 1.96 bits per heavy atom. The van der Waals surface area contributed by atoms with Gasteiger partial charge in [0, 0.05) is 17.0 Å². The van der Waals surface area contributed by atoms with Gasteiger partial charge in [-0.25, -0.2) is 4.79 Å². The number of fused-ring (bicyclic) bond motifs is 1. The first-order valence-electron chi connectivity index (χ1n) is 7.83. The highest BCUT2D eigenvalue weighted by molar-refractivity contribution is 6.00. The molecule has 0 spiro atoms. The van der Waals surface area contributed by atoms with Crippen LogP contribution in [-0.2, 0) is 11.3 Å². The molecule has 0 bridgehead atoms. The Labute approximate surface area is 144 Å². The van der Waals surface area contributed by atoms with Crippen molar-refractivity contribution < 1.29 is 23.8 Å². The summed E-state index contributed by atoms with van der Waals surface area (Å²) in [6.07, 6.45) is -0.0702. The lowest BCUT2D eigenvalue weighted by molar-refractivity contribution is 0.103. The van der Waals surface area contributed by atoms with Crippen molar-refractivity contribution in [1.82, 2.24) is 4.98 Å². The van der Waals surface area contributed by atoms with Crippen LogP contribution < -0.4 is 9.47 Å². The minimum absolute atomic E-state index is 0.187. The average molecular weight is 339 g/mol. The monoisotopic (exact) mass is 339 g/mol. The molecule has 2 aromatic carbocycles. The van der Waals surface area contributed by atoms with Crippen molar-refractivity contribution in [2.75, 3.05) is 6.61 Å². The molecule has 0 radical (unpaired) electrons. The zero-order valence-corrected chi connectivity index (χ0v) is 13.7. The lowest BCUT2D eigenvalue weighted by Gasteiger charge is -2.08. The Morgan fingerprint density at radius 3 is 2.68 bits per heavy atom. The third-order valence-corrected chi connectivity index (χ3v) is 3.58. The van der Waals surface area contributed by atoms with Gasteiger partial charge in [0.05, 0.1) is 12.1 Å². The van der Waals surface area contributed by atoms with E-state index < -0.39 is 6.16 Å². The zero-order chi connectivity index (χ0) is 17.6. The summed E-state index contributed by atoms with van der Waals surface area (Å²) >= 11 is 0. The van der Waals surface area contributed by atoms with Gasteiger partial charge in [0.25, 0.3) is 0 Å². The summed E-state index contributed by atoms with van der Waals surface area (Å²) in [6.45, 7) is 2.28. The quantitative estimate of drug-likeness (QED) is 0.540. The van der Waals surface area contributed by atoms with E-state index in [1.54, 1.807) is 25.1 Å². The number of aromatic amines is 1. The topological polar surface area (TPSA) is 77.6 Å². The number of rotatable bonds is 6. The number of benzene rings is 2. The van der Waals surface area contributed by atoms with E-state index >= 15 is 0 Å². The number of H-pyrrole nitrogens is 1. The van der Waals surface area contributed by atoms with Gasteiger partial charge >= 0.3 is 6.16 Å². The number of carbonyl (C=O) groups excluding carboxylic acids is 2. The average Bonchev–Trinajstić information content (AvgIpc) is 3.04. The molecule has 0 fully saturated rings. The molecular formula is C19H17NO5. The number of hydrogen-bond donors (Lipinski definition) is 1. The van der Waals surface area contributed by atoms with E-state index in [2.05, 4.69) is 4.98 Å². The van der Waals surface area contributed by atoms with Crippen LogP contribution in [0, 0.1) is 0 Å². The summed E-state index contributed by atoms with van der Waals surface area (Å²) in [5, 5.41) is 0.611. The first-order valence-corrected chi connectivity index (χ1v) is 7.83. The molecule has 1 heterocycles. The van der Waals surface area contributed by atoms with Gasteiger partial charge in [-0.3, -0.25) is 4.79 Å². The van der Waals surface area contributed by atoms with Gasteiger partial charge in [0.2, 0.25) is 5.88 Å². The molecule has 6 heteroatoms. The fraction of sp³-hybridized carbons (Fsp3) is 0.158. The van der Waals surface area contributed by atoms with E-state index in [1.807, 2.05) is 30.3 Å². The summed E-state index contributed by atoms with van der Waals surface area (Å²) in [5.74, 6) is 0.746. The van der Waals surface area contributed by atoms with Crippen LogP contribution in [0.15, 0.2) is 48.5 Å². The SMILES string of the molecule is CCOC(=O)Oc1cc2c(C=O)ccc(OCc3ccccc3)c2[nH]1. The zero-order valence-electron chi connectivity index (χ0n) is 13.7. The van der Waals surface area contributed by atoms with Crippen LogP contribution in [0.25, 0.3) is 10.9 Å². The minimum atomic E-state index is -0.812. The van der Waals surface area contributed by atoms with E-state index in [-0.39, 0.29) is 12.5 Å². The third-order valence-electron chi connectivity index (χ3n) is 3.58. The molecule has 0 saturated carbocycles. The highest BCUT2D eigenvalue weighted by Crippen LogP contribution is 2.31. The largest absolute Gasteiger partial charge is 0.515 e. The van der Waals surface area contributed by atoms with Gasteiger partial charge in [0.1, 0.15) is 12.4 Å². The van der Waals surface area contributed by atoms with Gasteiger partial charge in [-0.15, -0.1) is 0 Å². The standard InChI is InChI=1S/C19H17NO5/c1-2-23-19(22)25-17-10-15-14(11-21)8-9-16(18(15)20-17)24-12-13-6-4-3-5-7-13/h3-11,20H,2,12H2,1H3. The van der Waals surface area contributed by atoms with Crippen LogP contribution >= 0.6 is 0 Å². The maximum Gasteiger partial charge on any atom is 0.515 e. The first kappa shape index (κ1) is 16.6. The Hall–Kier alpha value is -3.28. The number of carbonyl (C=O) groups is 2. The second-order valence-corrected chi connectivity index (χ2v) is 5.25. The predicted molar refractivity (Wildman–Crippen MR) is 92.1 cm³/mol. The number of nitrogens with one attached hydrogen (secondary N) is 1. The Bertz CT molecular complexity index is 885. The minimum Gasteiger partial charge on any atom is -0.487 e. The highest BCUT2D eigenvalue weighted by Gasteiger charge is 2.14. The van der Waals surface area contributed by atoms with Crippen LogP contribution in [0.1, 0.15) is 22.8 Å². The van der Waals surface area contributed by atoms with Crippen molar-refractivity contribution in [1.29, 1.82) is 0 Å². The number of aromatic nitrogens is 1. The lowest BCUT2D eigenvalue weighted by Crippen LogP contribution is -2.10. The van der Waals surface area contributed by atoms with E-state index in [4.69, 9.17) is 14.2 Å². The maximum absolute atomic E-state index is 11.5. The smallest absolute Gasteiger partial charge is 0.487 e. The van der Waals surface area contributed by atoms with Crippen molar-refractivity contribution in [3.63, 3.8) is 0 Å². The molecule has 0 saturated heterocycles. The van der Waals surface area contributed by atoms with Gasteiger partial charge in [0.15, 0.2) is 6.29 Å². The van der Waals surface area contributed by atoms with E-state index in [0.717, 1.165) is 11.8 Å². The van der Waals surface area contributed by atoms with Gasteiger partial charge in [-0.05, 0) is 24.6 Å². The molecule has 0 aliphatic heterocycles. The van der Waals surface area contributed by atoms with Gasteiger partial charge in [-0.2, -0.15) is 0 Å². The van der Waals surface area contributed by atoms with Gasteiger partial charge in [-0.1, -0.05) is 30.3 Å². The van der Waals surface area contributed by atoms with Crippen LogP contribution in [0.3, 0.4) is 0 Å². The number of aldehydes is 1. The highest BCUT2D eigenvalue weighted by atomic mass is 16.7. The molecule has 0 aliphatic rings. The summed E-state index contributed by atoms with van der Waals surface area (Å²) in [7, 11) is 0. The van der Waals surface area contributed by atoms with Crippen LogP contribution in [0.4, 0.5) is 4.79 Å². The number of hydrogen-bond acceptors (Lipinski definition) is 5. The molecule has 1 N–H and O–H groups in total. The van der Waals surface area contributed by atoms with E-state index in [9.17, 15) is 9.59 Å². The van der Waals surface area contributed by atoms with Crippen molar-refractivity contribution in [3.05, 3.63) is 59.7 Å². The molecule has 0 amide bonds. The second kappa shape index (κ2) is 7.53. The molecule has 25 heavy (non-hydrogen) atoms. The summed E-state index contributed by atoms with van der Waals surface area (Å²) < 4.78 is 15.7. The second-order valence-electron chi connectivity index (χ2n) is 5.25. The number of ether oxygens (including phenoxy) is 3. The molecule has 1 aromatic heterocycles. The van der Waals surface area contributed by atoms with E-state index in [1.165, 1.54) is 0 Å². The van der Waals surface area contributed by atoms with Crippen molar-refractivity contribution in [2.45, 2.75) is 13.5 Å². The molecule has 0 atom stereocenters. The van der Waals surface area contributed by atoms with Gasteiger partial charge < -0.3 is 19.2 Å². The lowest BCUT2D eigenvalue weighted by atomic mass is 10.1. The fourth-order valence-corrected chi connectivity index (χ4v) is 2.44. The molecular weight excluding hydrogens is 322 g/mol. The molecule has 6 nitrogen and oxygen atoms in total. The summed E-state index contributed by atoms with van der Waals surface area (Å²) in [5.41, 5.74) is 2.07. The predicted octanol–water partition coefficient (Wildman–Crippen LogP) is 4.09. The fourth-order valence-electron chi connectivity index (χ4n) is 2.44.